The first kappa shape index (κ1) is 18.0. The topological polar surface area (TPSA) is 56.8 Å². The molecule has 2 amide bonds. The van der Waals surface area contributed by atoms with E-state index in [2.05, 4.69) is 41.5 Å². The number of nitrogens with zero attached hydrogens (tertiary/aromatic N) is 2. The van der Waals surface area contributed by atoms with E-state index in [1.165, 1.54) is 25.7 Å². The van der Waals surface area contributed by atoms with Crippen LogP contribution in [-0.4, -0.2) is 80.9 Å². The number of carbonyl (C=O) groups excluding carboxylic acids is 1. The summed E-state index contributed by atoms with van der Waals surface area (Å²) in [4.78, 5) is 17.1. The van der Waals surface area contributed by atoms with E-state index in [0.717, 1.165) is 32.7 Å². The molecule has 1 aliphatic heterocycles. The molecule has 3 aliphatic rings. The van der Waals surface area contributed by atoms with Gasteiger partial charge in [-0.2, -0.15) is 0 Å². The second kappa shape index (κ2) is 7.58. The Morgan fingerprint density at radius 2 is 2.00 bits per heavy atom. The molecule has 2 N–H and O–H groups in total. The van der Waals surface area contributed by atoms with E-state index in [1.54, 1.807) is 0 Å². The monoisotopic (exact) mass is 338 g/mol. The molecule has 6 nitrogen and oxygen atoms in total. The molecule has 2 aliphatic carbocycles. The summed E-state index contributed by atoms with van der Waals surface area (Å²) < 4.78 is 5.92. The van der Waals surface area contributed by atoms with Crippen LogP contribution >= 0.6 is 0 Å². The Morgan fingerprint density at radius 3 is 2.71 bits per heavy atom. The summed E-state index contributed by atoms with van der Waals surface area (Å²) in [6.45, 7) is 6.72. The highest BCUT2D eigenvalue weighted by atomic mass is 16.5. The molecule has 0 aromatic rings. The number of ether oxygens (including phenoxy) is 1. The van der Waals surface area contributed by atoms with Crippen LogP contribution in [0.3, 0.4) is 0 Å². The lowest BCUT2D eigenvalue weighted by Crippen LogP contribution is -2.65. The molecule has 24 heavy (non-hydrogen) atoms. The molecule has 138 valence electrons. The van der Waals surface area contributed by atoms with E-state index in [4.69, 9.17) is 4.74 Å². The van der Waals surface area contributed by atoms with Crippen molar-refractivity contribution in [1.82, 2.24) is 20.4 Å². The van der Waals surface area contributed by atoms with Gasteiger partial charge in [-0.25, -0.2) is 4.79 Å². The third-order valence-electron chi connectivity index (χ3n) is 6.47. The van der Waals surface area contributed by atoms with Gasteiger partial charge in [0.05, 0.1) is 6.10 Å². The van der Waals surface area contributed by atoms with Crippen LogP contribution in [0, 0.1) is 5.41 Å². The van der Waals surface area contributed by atoms with Gasteiger partial charge in [-0.3, -0.25) is 4.90 Å². The molecular formula is C18H34N4O2. The normalized spacial score (nSPS) is 33.4. The fraction of sp³-hybridized carbons (Fsp3) is 0.944. The lowest BCUT2D eigenvalue weighted by Gasteiger charge is -2.54. The van der Waals surface area contributed by atoms with Crippen LogP contribution in [0.25, 0.3) is 0 Å². The Morgan fingerprint density at radius 1 is 1.25 bits per heavy atom. The zero-order valence-electron chi connectivity index (χ0n) is 15.5. The molecule has 0 aromatic carbocycles. The summed E-state index contributed by atoms with van der Waals surface area (Å²) in [5.41, 5.74) is 0.204. The zero-order chi connectivity index (χ0) is 17.2. The molecule has 3 unspecified atom stereocenters. The molecule has 3 rings (SSSR count). The molecule has 3 atom stereocenters. The van der Waals surface area contributed by atoms with Crippen LogP contribution in [0.15, 0.2) is 0 Å². The molecule has 6 heteroatoms. The predicted octanol–water partition coefficient (Wildman–Crippen LogP) is 1.27. The van der Waals surface area contributed by atoms with Crippen LogP contribution in [0.4, 0.5) is 4.79 Å². The minimum absolute atomic E-state index is 0.0113. The molecule has 1 heterocycles. The van der Waals surface area contributed by atoms with Crippen LogP contribution in [-0.2, 0) is 4.74 Å². The van der Waals surface area contributed by atoms with Gasteiger partial charge in [0.15, 0.2) is 0 Å². The number of likely N-dealkylation sites (N-methyl/N-ethyl adjacent to an activating group) is 2. The number of amides is 2. The number of piperazine rings is 1. The first-order valence-corrected chi connectivity index (χ1v) is 9.60. The average Bonchev–Trinajstić information content (AvgIpc) is 3.07. The largest absolute Gasteiger partial charge is 0.378 e. The standard InChI is InChI=1S/C18H34N4O2/c1-4-24-16-11-15(18(16)7-5-6-8-18)20-17(23)19-12-14-13-21(2)9-10-22(14)3/h14-16H,4-13H2,1-3H3,(H2,19,20,23). The van der Waals surface area contributed by atoms with Crippen LogP contribution < -0.4 is 10.6 Å². The number of nitrogens with one attached hydrogen (secondary N) is 2. The molecule has 2 saturated carbocycles. The van der Waals surface area contributed by atoms with Crippen molar-refractivity contribution in [3.05, 3.63) is 0 Å². The number of rotatable bonds is 5. The van der Waals surface area contributed by atoms with Gasteiger partial charge in [-0.15, -0.1) is 0 Å². The Bertz CT molecular complexity index is 439. The van der Waals surface area contributed by atoms with Gasteiger partial charge >= 0.3 is 6.03 Å². The van der Waals surface area contributed by atoms with E-state index >= 15 is 0 Å². The van der Waals surface area contributed by atoms with Crippen molar-refractivity contribution in [2.75, 3.05) is 46.9 Å². The predicted molar refractivity (Wildman–Crippen MR) is 95.2 cm³/mol. The fourth-order valence-corrected chi connectivity index (χ4v) is 4.83. The molecule has 0 aromatic heterocycles. The molecule has 3 fully saturated rings. The summed E-state index contributed by atoms with van der Waals surface area (Å²) in [5, 5.41) is 6.34. The van der Waals surface area contributed by atoms with E-state index in [0.29, 0.717) is 18.7 Å². The van der Waals surface area contributed by atoms with Crippen LogP contribution in [0.5, 0.6) is 0 Å². The first-order valence-electron chi connectivity index (χ1n) is 9.60. The Hall–Kier alpha value is -0.850. The van der Waals surface area contributed by atoms with Crippen molar-refractivity contribution in [2.45, 2.75) is 57.2 Å². The van der Waals surface area contributed by atoms with E-state index < -0.39 is 0 Å². The lowest BCUT2D eigenvalue weighted by atomic mass is 9.60. The van der Waals surface area contributed by atoms with E-state index in [-0.39, 0.29) is 17.5 Å². The summed E-state index contributed by atoms with van der Waals surface area (Å²) in [6, 6.07) is 0.665. The Kier molecular flexibility index (Phi) is 5.67. The summed E-state index contributed by atoms with van der Waals surface area (Å²) in [7, 11) is 4.29. The number of hydrogen-bond acceptors (Lipinski definition) is 4. The summed E-state index contributed by atoms with van der Waals surface area (Å²) in [5.74, 6) is 0. The lowest BCUT2D eigenvalue weighted by molar-refractivity contribution is -0.126. The second-order valence-electron chi connectivity index (χ2n) is 7.92. The van der Waals surface area contributed by atoms with Crippen LogP contribution in [0.1, 0.15) is 39.0 Å². The van der Waals surface area contributed by atoms with Gasteiger partial charge in [0.2, 0.25) is 0 Å². The smallest absolute Gasteiger partial charge is 0.315 e. The first-order chi connectivity index (χ1) is 11.5. The molecule has 0 bridgehead atoms. The van der Waals surface area contributed by atoms with Crippen molar-refractivity contribution in [3.8, 4) is 0 Å². The average molecular weight is 338 g/mol. The van der Waals surface area contributed by atoms with E-state index in [1.807, 2.05) is 0 Å². The van der Waals surface area contributed by atoms with Gasteiger partial charge in [-0.05, 0) is 40.3 Å². The van der Waals surface area contributed by atoms with Crippen LogP contribution in [0.2, 0.25) is 0 Å². The van der Waals surface area contributed by atoms with Gasteiger partial charge in [-0.1, -0.05) is 12.8 Å². The summed E-state index contributed by atoms with van der Waals surface area (Å²) >= 11 is 0. The number of urea groups is 1. The third-order valence-corrected chi connectivity index (χ3v) is 6.47. The van der Waals surface area contributed by atoms with Crippen molar-refractivity contribution >= 4 is 6.03 Å². The molecular weight excluding hydrogens is 304 g/mol. The van der Waals surface area contributed by atoms with Crippen molar-refractivity contribution in [3.63, 3.8) is 0 Å². The number of hydrogen-bond donors (Lipinski definition) is 2. The molecule has 0 radical (unpaired) electrons. The Labute approximate surface area is 146 Å². The Balaban J connectivity index is 1.47. The minimum atomic E-state index is -0.0113. The highest BCUT2D eigenvalue weighted by Gasteiger charge is 2.57. The zero-order valence-corrected chi connectivity index (χ0v) is 15.5. The molecule has 1 saturated heterocycles. The van der Waals surface area contributed by atoms with Crippen molar-refractivity contribution < 1.29 is 9.53 Å². The maximum Gasteiger partial charge on any atom is 0.315 e. The highest BCUT2D eigenvalue weighted by Crippen LogP contribution is 2.54. The van der Waals surface area contributed by atoms with Gasteiger partial charge < -0.3 is 20.3 Å². The van der Waals surface area contributed by atoms with Crippen molar-refractivity contribution in [2.24, 2.45) is 5.41 Å². The molecule has 1 spiro atoms. The maximum absolute atomic E-state index is 12.4. The van der Waals surface area contributed by atoms with Gasteiger partial charge in [0, 0.05) is 50.3 Å². The van der Waals surface area contributed by atoms with Gasteiger partial charge in [0.25, 0.3) is 0 Å². The second-order valence-corrected chi connectivity index (χ2v) is 7.92. The fourth-order valence-electron chi connectivity index (χ4n) is 4.83. The third kappa shape index (κ3) is 3.55. The highest BCUT2D eigenvalue weighted by molar-refractivity contribution is 5.74. The summed E-state index contributed by atoms with van der Waals surface area (Å²) in [6.07, 6.45) is 6.23. The number of carbonyl (C=O) groups is 1. The minimum Gasteiger partial charge on any atom is -0.378 e. The van der Waals surface area contributed by atoms with Crippen molar-refractivity contribution in [1.29, 1.82) is 0 Å². The maximum atomic E-state index is 12.4. The van der Waals surface area contributed by atoms with E-state index in [9.17, 15) is 4.79 Å². The van der Waals surface area contributed by atoms with Gasteiger partial charge in [0.1, 0.15) is 0 Å². The SMILES string of the molecule is CCOC1CC(NC(=O)NCC2CN(C)CCN2C)C12CCCC2. The quantitative estimate of drug-likeness (QED) is 0.793.